The molecule has 0 aliphatic carbocycles. The molecule has 0 spiro atoms. The number of nitrogens with one attached hydrogen (secondary N) is 1. The van der Waals surface area contributed by atoms with Crippen LogP contribution < -0.4 is 5.56 Å². The molecule has 3 aromatic heterocycles. The van der Waals surface area contributed by atoms with Crippen molar-refractivity contribution in [1.82, 2.24) is 19.6 Å². The summed E-state index contributed by atoms with van der Waals surface area (Å²) in [6.07, 6.45) is 5.66. The van der Waals surface area contributed by atoms with Crippen molar-refractivity contribution in [2.75, 3.05) is 0 Å². The number of benzene rings is 1. The van der Waals surface area contributed by atoms with Crippen LogP contribution in [0.4, 0.5) is 0 Å². The maximum absolute atomic E-state index is 11.7. The van der Waals surface area contributed by atoms with Crippen LogP contribution in [0.1, 0.15) is 22.5 Å². The summed E-state index contributed by atoms with van der Waals surface area (Å²) in [5.41, 5.74) is 3.51. The molecule has 0 fully saturated rings. The zero-order chi connectivity index (χ0) is 18.1. The van der Waals surface area contributed by atoms with Crippen LogP contribution in [0, 0.1) is 18.3 Å². The number of aromatic nitrogens is 4. The monoisotopic (exact) mass is 359 g/mol. The lowest BCUT2D eigenvalue weighted by atomic mass is 10.1. The van der Waals surface area contributed by atoms with Crippen molar-refractivity contribution in [3.8, 4) is 17.3 Å². The number of nitrogens with zero attached hydrogens (tertiary/aromatic N) is 4. The fourth-order valence-electron chi connectivity index (χ4n) is 2.77. The fourth-order valence-corrected chi connectivity index (χ4v) is 3.50. The number of aromatic amines is 1. The second-order valence-corrected chi connectivity index (χ2v) is 6.52. The zero-order valence-electron chi connectivity index (χ0n) is 13.8. The standard InChI is InChI=1S/C19H13N5OS/c1-12-14(11-20)18(25)23-22-15(12)7-8-16-17(13-5-3-2-4-6-13)21-19-24(16)9-10-26-19/h2-10H,1H3,(H,23,25)/b8-7+. The Balaban J connectivity index is 1.86. The molecule has 6 nitrogen and oxygen atoms in total. The minimum Gasteiger partial charge on any atom is -0.290 e. The molecule has 0 aliphatic rings. The molecule has 4 aromatic rings. The molecule has 4 rings (SSSR count). The number of nitriles is 1. The lowest BCUT2D eigenvalue weighted by Crippen LogP contribution is -2.15. The van der Waals surface area contributed by atoms with Crippen LogP contribution in [0.15, 0.2) is 46.7 Å². The molecule has 0 amide bonds. The zero-order valence-corrected chi connectivity index (χ0v) is 14.6. The van der Waals surface area contributed by atoms with Crippen LogP contribution in [-0.4, -0.2) is 19.6 Å². The minimum absolute atomic E-state index is 0.0805. The maximum Gasteiger partial charge on any atom is 0.282 e. The molecule has 0 saturated heterocycles. The van der Waals surface area contributed by atoms with Gasteiger partial charge >= 0.3 is 0 Å². The Hall–Kier alpha value is -3.50. The van der Waals surface area contributed by atoms with Gasteiger partial charge in [0, 0.05) is 17.1 Å². The van der Waals surface area contributed by atoms with E-state index < -0.39 is 5.56 Å². The van der Waals surface area contributed by atoms with Gasteiger partial charge in [0.25, 0.3) is 5.56 Å². The molecule has 1 aromatic carbocycles. The van der Waals surface area contributed by atoms with Crippen LogP contribution in [0.25, 0.3) is 28.4 Å². The van der Waals surface area contributed by atoms with Crippen LogP contribution in [0.5, 0.6) is 0 Å². The summed E-state index contributed by atoms with van der Waals surface area (Å²) in [7, 11) is 0. The van der Waals surface area contributed by atoms with E-state index in [1.807, 2.05) is 58.5 Å². The molecule has 7 heteroatoms. The molecule has 26 heavy (non-hydrogen) atoms. The Kier molecular flexibility index (Phi) is 3.95. The first kappa shape index (κ1) is 16.0. The topological polar surface area (TPSA) is 86.8 Å². The number of H-pyrrole nitrogens is 1. The predicted molar refractivity (Wildman–Crippen MR) is 102 cm³/mol. The quantitative estimate of drug-likeness (QED) is 0.606. The van der Waals surface area contributed by atoms with Gasteiger partial charge in [-0.15, -0.1) is 11.3 Å². The van der Waals surface area contributed by atoms with E-state index in [4.69, 9.17) is 10.2 Å². The highest BCUT2D eigenvalue weighted by atomic mass is 32.1. The van der Waals surface area contributed by atoms with E-state index >= 15 is 0 Å². The Labute approximate surface area is 152 Å². The molecule has 0 bridgehead atoms. The number of thiazole rings is 1. The third-order valence-corrected chi connectivity index (χ3v) is 4.88. The summed E-state index contributed by atoms with van der Waals surface area (Å²) in [6.45, 7) is 1.72. The molecule has 0 atom stereocenters. The van der Waals surface area contributed by atoms with Crippen LogP contribution in [-0.2, 0) is 0 Å². The highest BCUT2D eigenvalue weighted by molar-refractivity contribution is 7.15. The van der Waals surface area contributed by atoms with Gasteiger partial charge in [-0.2, -0.15) is 10.4 Å². The van der Waals surface area contributed by atoms with Crippen LogP contribution >= 0.6 is 11.3 Å². The van der Waals surface area contributed by atoms with E-state index in [1.165, 1.54) is 0 Å². The number of hydrogen-bond acceptors (Lipinski definition) is 5. The first-order valence-corrected chi connectivity index (χ1v) is 8.75. The molecule has 0 unspecified atom stereocenters. The summed E-state index contributed by atoms with van der Waals surface area (Å²) < 4.78 is 2.01. The summed E-state index contributed by atoms with van der Waals surface area (Å²) in [5.74, 6) is 0. The van der Waals surface area contributed by atoms with Gasteiger partial charge in [0.05, 0.1) is 17.1 Å². The average Bonchev–Trinajstić information content (AvgIpc) is 3.24. The number of hydrogen-bond donors (Lipinski definition) is 1. The van der Waals surface area contributed by atoms with Gasteiger partial charge in [-0.1, -0.05) is 30.3 Å². The third kappa shape index (κ3) is 2.62. The van der Waals surface area contributed by atoms with E-state index in [9.17, 15) is 4.79 Å². The first-order valence-electron chi connectivity index (χ1n) is 7.87. The van der Waals surface area contributed by atoms with Crippen molar-refractivity contribution in [1.29, 1.82) is 5.26 Å². The van der Waals surface area contributed by atoms with Crippen molar-refractivity contribution < 1.29 is 0 Å². The van der Waals surface area contributed by atoms with Crippen molar-refractivity contribution in [3.63, 3.8) is 0 Å². The SMILES string of the molecule is Cc1c(/C=C/c2c(-c3ccccc3)nc3sccn23)n[nH]c(=O)c1C#N. The second kappa shape index (κ2) is 6.43. The lowest BCUT2D eigenvalue weighted by molar-refractivity contribution is 0.952. The van der Waals surface area contributed by atoms with E-state index in [0.717, 1.165) is 21.9 Å². The highest BCUT2D eigenvalue weighted by Gasteiger charge is 2.13. The first-order chi connectivity index (χ1) is 12.7. The smallest absolute Gasteiger partial charge is 0.282 e. The molecule has 3 heterocycles. The van der Waals surface area contributed by atoms with E-state index in [1.54, 1.807) is 24.3 Å². The Morgan fingerprint density at radius 2 is 2.08 bits per heavy atom. The fraction of sp³-hybridized carbons (Fsp3) is 0.0526. The third-order valence-electron chi connectivity index (χ3n) is 4.12. The van der Waals surface area contributed by atoms with Crippen molar-refractivity contribution in [3.05, 3.63) is 74.8 Å². The molecular weight excluding hydrogens is 346 g/mol. The molecule has 0 saturated carbocycles. The Morgan fingerprint density at radius 3 is 2.85 bits per heavy atom. The Morgan fingerprint density at radius 1 is 1.27 bits per heavy atom. The number of rotatable bonds is 3. The summed E-state index contributed by atoms with van der Waals surface area (Å²) in [4.78, 5) is 17.3. The second-order valence-electron chi connectivity index (χ2n) is 5.65. The lowest BCUT2D eigenvalue weighted by Gasteiger charge is -2.02. The van der Waals surface area contributed by atoms with Crippen LogP contribution in [0.2, 0.25) is 0 Å². The van der Waals surface area contributed by atoms with Gasteiger partial charge in [0.15, 0.2) is 4.96 Å². The van der Waals surface area contributed by atoms with Crippen molar-refractivity contribution in [2.24, 2.45) is 0 Å². The van der Waals surface area contributed by atoms with Crippen molar-refractivity contribution >= 4 is 28.4 Å². The summed E-state index contributed by atoms with van der Waals surface area (Å²) >= 11 is 1.56. The highest BCUT2D eigenvalue weighted by Crippen LogP contribution is 2.28. The van der Waals surface area contributed by atoms with E-state index in [0.29, 0.717) is 11.3 Å². The van der Waals surface area contributed by atoms with E-state index in [2.05, 4.69) is 10.2 Å². The van der Waals surface area contributed by atoms with Gasteiger partial charge in [0.1, 0.15) is 11.6 Å². The molecular formula is C19H13N5OS. The molecule has 0 radical (unpaired) electrons. The summed E-state index contributed by atoms with van der Waals surface area (Å²) in [6, 6.07) is 11.9. The predicted octanol–water partition coefficient (Wildman–Crippen LogP) is 3.50. The van der Waals surface area contributed by atoms with E-state index in [-0.39, 0.29) is 5.56 Å². The largest absolute Gasteiger partial charge is 0.290 e. The summed E-state index contributed by atoms with van der Waals surface area (Å²) in [5, 5.41) is 17.5. The van der Waals surface area contributed by atoms with Crippen LogP contribution in [0.3, 0.4) is 0 Å². The molecule has 126 valence electrons. The minimum atomic E-state index is -0.475. The van der Waals surface area contributed by atoms with Gasteiger partial charge in [-0.05, 0) is 24.6 Å². The van der Waals surface area contributed by atoms with Gasteiger partial charge in [0.2, 0.25) is 0 Å². The van der Waals surface area contributed by atoms with Gasteiger partial charge < -0.3 is 0 Å². The number of imidazole rings is 1. The van der Waals surface area contributed by atoms with Crippen molar-refractivity contribution in [2.45, 2.75) is 6.92 Å². The number of fused-ring (bicyclic) bond motifs is 1. The average molecular weight is 359 g/mol. The Bertz CT molecular complexity index is 1220. The van der Waals surface area contributed by atoms with Gasteiger partial charge in [-0.25, -0.2) is 10.1 Å². The molecule has 0 aliphatic heterocycles. The molecule has 1 N–H and O–H groups in total. The normalized spacial score (nSPS) is 11.2. The maximum atomic E-state index is 11.7. The van der Waals surface area contributed by atoms with Gasteiger partial charge in [-0.3, -0.25) is 9.20 Å².